The Morgan fingerprint density at radius 1 is 1.10 bits per heavy atom. The van der Waals surface area contributed by atoms with Gasteiger partial charge in [-0.05, 0) is 36.3 Å². The highest BCUT2D eigenvalue weighted by Crippen LogP contribution is 2.31. The van der Waals surface area contributed by atoms with Crippen molar-refractivity contribution in [2.24, 2.45) is 5.92 Å². The van der Waals surface area contributed by atoms with Crippen LogP contribution in [0.15, 0.2) is 36.4 Å². The van der Waals surface area contributed by atoms with Gasteiger partial charge in [-0.25, -0.2) is 4.79 Å². The number of hydrogen-bond donors (Lipinski definition) is 1. The van der Waals surface area contributed by atoms with Crippen LogP contribution in [0.2, 0.25) is 0 Å². The zero-order valence-electron chi connectivity index (χ0n) is 11.3. The molecule has 0 spiro atoms. The smallest absolute Gasteiger partial charge is 0.336 e. The molecule has 0 heterocycles. The summed E-state index contributed by atoms with van der Waals surface area (Å²) in [5, 5.41) is 10.9. The second-order valence-corrected chi connectivity index (χ2v) is 5.42. The van der Waals surface area contributed by atoms with Crippen molar-refractivity contribution in [3.63, 3.8) is 0 Å². The van der Waals surface area contributed by atoms with Gasteiger partial charge in [-0.3, -0.25) is 0 Å². The van der Waals surface area contributed by atoms with Crippen molar-refractivity contribution in [2.75, 3.05) is 6.61 Å². The van der Waals surface area contributed by atoms with E-state index in [-0.39, 0.29) is 0 Å². The Bertz CT molecular complexity index is 627. The third-order valence-corrected chi connectivity index (χ3v) is 4.06. The van der Waals surface area contributed by atoms with E-state index in [9.17, 15) is 9.90 Å². The lowest BCUT2D eigenvalue weighted by Crippen LogP contribution is -2.08. The molecule has 0 atom stereocenters. The van der Waals surface area contributed by atoms with Gasteiger partial charge in [0, 0.05) is 5.39 Å². The van der Waals surface area contributed by atoms with E-state index < -0.39 is 5.97 Å². The van der Waals surface area contributed by atoms with Gasteiger partial charge in [0.1, 0.15) is 5.75 Å². The molecule has 1 aliphatic rings. The van der Waals surface area contributed by atoms with E-state index in [4.69, 9.17) is 4.74 Å². The van der Waals surface area contributed by atoms with Crippen molar-refractivity contribution in [1.82, 2.24) is 0 Å². The van der Waals surface area contributed by atoms with Crippen LogP contribution in [0.3, 0.4) is 0 Å². The molecule has 0 aliphatic heterocycles. The largest absolute Gasteiger partial charge is 0.493 e. The summed E-state index contributed by atoms with van der Waals surface area (Å²) in [5.74, 6) is 0.536. The molecule has 3 heteroatoms. The van der Waals surface area contributed by atoms with Crippen LogP contribution < -0.4 is 4.74 Å². The number of hydrogen-bond acceptors (Lipinski definition) is 2. The molecular weight excluding hydrogens is 252 g/mol. The van der Waals surface area contributed by atoms with Crippen molar-refractivity contribution in [2.45, 2.75) is 25.7 Å². The summed E-state index contributed by atoms with van der Waals surface area (Å²) >= 11 is 0. The molecule has 0 bridgehead atoms. The van der Waals surface area contributed by atoms with Crippen molar-refractivity contribution in [3.8, 4) is 5.75 Å². The average Bonchev–Trinajstić information content (AvgIpc) is 2.97. The van der Waals surface area contributed by atoms with Crippen molar-refractivity contribution < 1.29 is 14.6 Å². The molecule has 2 aromatic rings. The topological polar surface area (TPSA) is 46.5 Å². The number of rotatable bonds is 4. The minimum Gasteiger partial charge on any atom is -0.493 e. The van der Waals surface area contributed by atoms with Gasteiger partial charge in [-0.2, -0.15) is 0 Å². The first-order valence-electron chi connectivity index (χ1n) is 7.13. The number of carbonyl (C=O) groups is 1. The number of benzene rings is 2. The van der Waals surface area contributed by atoms with Crippen molar-refractivity contribution in [3.05, 3.63) is 42.0 Å². The minimum atomic E-state index is -0.899. The van der Waals surface area contributed by atoms with Crippen molar-refractivity contribution in [1.29, 1.82) is 0 Å². The summed E-state index contributed by atoms with van der Waals surface area (Å²) in [5.41, 5.74) is 0.328. The molecule has 3 nitrogen and oxygen atoms in total. The number of fused-ring (bicyclic) bond motifs is 1. The number of carboxylic acids is 1. The fourth-order valence-electron chi connectivity index (χ4n) is 2.97. The highest BCUT2D eigenvalue weighted by molar-refractivity contribution is 6.05. The Balaban J connectivity index is 1.91. The van der Waals surface area contributed by atoms with E-state index in [1.54, 1.807) is 12.1 Å². The summed E-state index contributed by atoms with van der Waals surface area (Å²) in [6.45, 7) is 0.733. The van der Waals surface area contributed by atoms with Crippen LogP contribution in [0.5, 0.6) is 5.75 Å². The number of carboxylic acid groups (broad SMARTS) is 1. The van der Waals surface area contributed by atoms with Crippen LogP contribution in [0.4, 0.5) is 0 Å². The molecule has 1 aliphatic carbocycles. The molecule has 1 fully saturated rings. The Labute approximate surface area is 118 Å². The minimum absolute atomic E-state index is 0.328. The molecule has 0 unspecified atom stereocenters. The van der Waals surface area contributed by atoms with Crippen LogP contribution in [0.1, 0.15) is 36.0 Å². The van der Waals surface area contributed by atoms with Crippen LogP contribution >= 0.6 is 0 Å². The maximum Gasteiger partial charge on any atom is 0.336 e. The Morgan fingerprint density at radius 2 is 1.80 bits per heavy atom. The predicted octanol–water partition coefficient (Wildman–Crippen LogP) is 4.11. The summed E-state index contributed by atoms with van der Waals surface area (Å²) in [6, 6.07) is 10.9. The van der Waals surface area contributed by atoms with Crippen LogP contribution in [-0.4, -0.2) is 17.7 Å². The molecule has 0 amide bonds. The Hall–Kier alpha value is -2.03. The molecule has 2 aromatic carbocycles. The highest BCUT2D eigenvalue weighted by atomic mass is 16.5. The molecule has 104 valence electrons. The lowest BCUT2D eigenvalue weighted by atomic mass is 10.0. The highest BCUT2D eigenvalue weighted by Gasteiger charge is 2.17. The van der Waals surface area contributed by atoms with E-state index in [2.05, 4.69) is 0 Å². The SMILES string of the molecule is O=C(O)c1ccc(OCC2CCCC2)c2ccccc12. The van der Waals surface area contributed by atoms with Crippen LogP contribution in [0, 0.1) is 5.92 Å². The Morgan fingerprint density at radius 3 is 2.50 bits per heavy atom. The van der Waals surface area contributed by atoms with E-state index >= 15 is 0 Å². The fourth-order valence-corrected chi connectivity index (χ4v) is 2.97. The molecule has 1 saturated carbocycles. The third kappa shape index (κ3) is 2.48. The van der Waals surface area contributed by atoms with Crippen LogP contribution in [0.25, 0.3) is 10.8 Å². The molecule has 3 rings (SSSR count). The third-order valence-electron chi connectivity index (χ3n) is 4.06. The first-order valence-corrected chi connectivity index (χ1v) is 7.13. The van der Waals surface area contributed by atoms with Gasteiger partial charge in [0.15, 0.2) is 0 Å². The standard InChI is InChI=1S/C17H18O3/c18-17(19)15-9-10-16(14-8-4-3-7-13(14)15)20-11-12-5-1-2-6-12/h3-4,7-10,12H,1-2,5-6,11H2,(H,18,19). The first-order chi connectivity index (χ1) is 9.75. The Kier molecular flexibility index (Phi) is 3.59. The second-order valence-electron chi connectivity index (χ2n) is 5.42. The molecule has 1 N–H and O–H groups in total. The number of aromatic carboxylic acids is 1. The lowest BCUT2D eigenvalue weighted by Gasteiger charge is -2.14. The predicted molar refractivity (Wildman–Crippen MR) is 78.4 cm³/mol. The second kappa shape index (κ2) is 5.53. The van der Waals surface area contributed by atoms with Gasteiger partial charge in [0.05, 0.1) is 12.2 Å². The van der Waals surface area contributed by atoms with E-state index in [0.717, 1.165) is 23.1 Å². The van der Waals surface area contributed by atoms with E-state index in [0.29, 0.717) is 11.5 Å². The fraction of sp³-hybridized carbons (Fsp3) is 0.353. The average molecular weight is 270 g/mol. The summed E-state index contributed by atoms with van der Waals surface area (Å²) in [7, 11) is 0. The quantitative estimate of drug-likeness (QED) is 0.909. The summed E-state index contributed by atoms with van der Waals surface area (Å²) < 4.78 is 5.95. The van der Waals surface area contributed by atoms with Crippen LogP contribution in [-0.2, 0) is 0 Å². The maximum atomic E-state index is 11.3. The molecular formula is C17H18O3. The normalized spacial score (nSPS) is 15.6. The van der Waals surface area contributed by atoms with E-state index in [1.807, 2.05) is 24.3 Å². The van der Waals surface area contributed by atoms with Gasteiger partial charge in [0.2, 0.25) is 0 Å². The first kappa shape index (κ1) is 13.0. The zero-order chi connectivity index (χ0) is 13.9. The number of ether oxygens (including phenoxy) is 1. The lowest BCUT2D eigenvalue weighted by molar-refractivity contribution is 0.0699. The monoisotopic (exact) mass is 270 g/mol. The van der Waals surface area contributed by atoms with Gasteiger partial charge in [-0.1, -0.05) is 37.1 Å². The van der Waals surface area contributed by atoms with E-state index in [1.165, 1.54) is 25.7 Å². The molecule has 0 aromatic heterocycles. The van der Waals surface area contributed by atoms with Crippen molar-refractivity contribution >= 4 is 16.7 Å². The summed E-state index contributed by atoms with van der Waals surface area (Å²) in [6.07, 6.45) is 5.08. The zero-order valence-corrected chi connectivity index (χ0v) is 11.3. The maximum absolute atomic E-state index is 11.3. The molecule has 0 radical (unpaired) electrons. The summed E-state index contributed by atoms with van der Waals surface area (Å²) in [4.78, 5) is 11.3. The molecule has 0 saturated heterocycles. The van der Waals surface area contributed by atoms with Gasteiger partial charge in [-0.15, -0.1) is 0 Å². The van der Waals surface area contributed by atoms with Gasteiger partial charge >= 0.3 is 5.97 Å². The van der Waals surface area contributed by atoms with Gasteiger partial charge < -0.3 is 9.84 Å². The van der Waals surface area contributed by atoms with Gasteiger partial charge in [0.25, 0.3) is 0 Å². The molecule has 20 heavy (non-hydrogen) atoms.